The predicted molar refractivity (Wildman–Crippen MR) is 47.5 cm³/mol. The summed E-state index contributed by atoms with van der Waals surface area (Å²) in [7, 11) is 0. The maximum Gasteiger partial charge on any atom is 0.118 e. The van der Waals surface area contributed by atoms with Crippen molar-refractivity contribution < 1.29 is 10.2 Å². The Bertz CT molecular complexity index is 85.9. The first kappa shape index (κ1) is 10.4. The van der Waals surface area contributed by atoms with E-state index in [2.05, 4.69) is 47.8 Å². The normalized spacial score (nSPS) is 15.7. The Labute approximate surface area is 79.0 Å². The van der Waals surface area contributed by atoms with Gasteiger partial charge in [0.1, 0.15) is 3.23 Å². The summed E-state index contributed by atoms with van der Waals surface area (Å²) >= 11 is 9.49. The van der Waals surface area contributed by atoms with Gasteiger partial charge in [0, 0.05) is 0 Å². The fourth-order valence-corrected chi connectivity index (χ4v) is 0.667. The summed E-state index contributed by atoms with van der Waals surface area (Å²) in [6.07, 6.45) is 0. The van der Waals surface area contributed by atoms with Gasteiger partial charge < -0.3 is 10.2 Å². The summed E-state index contributed by atoms with van der Waals surface area (Å²) in [6, 6.07) is 0. The highest BCUT2D eigenvalue weighted by atomic mass is 79.9. The summed E-state index contributed by atoms with van der Waals surface area (Å²) in [6.45, 7) is -0.111. The minimum atomic E-state index is -0.602. The van der Waals surface area contributed by atoms with E-state index >= 15 is 0 Å². The van der Waals surface area contributed by atoms with Gasteiger partial charge in [0.2, 0.25) is 0 Å². The number of aliphatic hydroxyl groups excluding tert-OH is 2. The lowest BCUT2D eigenvalue weighted by Crippen LogP contribution is -2.31. The number of aliphatic hydroxyl groups is 2. The van der Waals surface area contributed by atoms with Crippen molar-refractivity contribution in [3.05, 3.63) is 0 Å². The average molecular weight is 327 g/mol. The van der Waals surface area contributed by atoms with Crippen LogP contribution >= 0.6 is 47.8 Å². The van der Waals surface area contributed by atoms with Crippen molar-refractivity contribution in [2.45, 2.75) is 8.06 Å². The summed E-state index contributed by atoms with van der Waals surface area (Å²) in [5.74, 6) is 0. The summed E-state index contributed by atoms with van der Waals surface area (Å²) in [5, 5.41) is 17.2. The highest BCUT2D eigenvalue weighted by Crippen LogP contribution is 2.33. The zero-order chi connectivity index (χ0) is 7.49. The third-order valence-electron chi connectivity index (χ3n) is 0.829. The molecule has 2 N–H and O–H groups in total. The van der Waals surface area contributed by atoms with Gasteiger partial charge in [0.15, 0.2) is 0 Å². The van der Waals surface area contributed by atoms with Gasteiger partial charge in [0.25, 0.3) is 0 Å². The van der Waals surface area contributed by atoms with Crippen LogP contribution < -0.4 is 0 Å². The topological polar surface area (TPSA) is 40.5 Å². The molecule has 9 heavy (non-hydrogen) atoms. The fraction of sp³-hybridized carbons (Fsp3) is 1.00. The van der Waals surface area contributed by atoms with E-state index in [1.54, 1.807) is 0 Å². The van der Waals surface area contributed by atoms with Gasteiger partial charge in [-0.2, -0.15) is 0 Å². The molecule has 56 valence electrons. The van der Waals surface area contributed by atoms with Gasteiger partial charge in [-0.15, -0.1) is 0 Å². The SMILES string of the molecule is OCC(Br)C(Br)(Br)CO. The molecular formula is C4H7Br3O2. The van der Waals surface area contributed by atoms with Crippen LogP contribution in [0.25, 0.3) is 0 Å². The Kier molecular flexibility index (Phi) is 4.93. The van der Waals surface area contributed by atoms with Crippen LogP contribution in [0, 0.1) is 0 Å². The number of rotatable bonds is 3. The van der Waals surface area contributed by atoms with Crippen molar-refractivity contribution in [1.82, 2.24) is 0 Å². The molecule has 0 bridgehead atoms. The first-order valence-corrected chi connectivity index (χ1v) is 4.78. The number of halogens is 3. The Hall–Kier alpha value is 1.36. The van der Waals surface area contributed by atoms with Crippen LogP contribution in [-0.2, 0) is 0 Å². The molecule has 1 unspecified atom stereocenters. The lowest BCUT2D eigenvalue weighted by Gasteiger charge is -2.21. The van der Waals surface area contributed by atoms with E-state index < -0.39 is 3.23 Å². The van der Waals surface area contributed by atoms with Gasteiger partial charge in [-0.05, 0) is 0 Å². The fourth-order valence-electron chi connectivity index (χ4n) is 0.233. The van der Waals surface area contributed by atoms with E-state index in [0.29, 0.717) is 0 Å². The molecule has 0 amide bonds. The van der Waals surface area contributed by atoms with E-state index in [1.807, 2.05) is 0 Å². The first-order valence-electron chi connectivity index (χ1n) is 2.28. The van der Waals surface area contributed by atoms with E-state index in [9.17, 15) is 0 Å². The van der Waals surface area contributed by atoms with Gasteiger partial charge in [0.05, 0.1) is 18.0 Å². The zero-order valence-corrected chi connectivity index (χ0v) is 9.28. The van der Waals surface area contributed by atoms with Crippen LogP contribution in [0.4, 0.5) is 0 Å². The first-order chi connectivity index (χ1) is 4.04. The van der Waals surface area contributed by atoms with Crippen molar-refractivity contribution >= 4 is 47.8 Å². The molecule has 5 heteroatoms. The smallest absolute Gasteiger partial charge is 0.118 e. The van der Waals surface area contributed by atoms with Gasteiger partial charge in [-0.3, -0.25) is 0 Å². The molecule has 0 aromatic heterocycles. The summed E-state index contributed by atoms with van der Waals surface area (Å²) in [5.41, 5.74) is 0. The second-order valence-corrected chi connectivity index (χ2v) is 6.57. The molecule has 0 saturated carbocycles. The zero-order valence-electron chi connectivity index (χ0n) is 4.52. The third-order valence-corrected chi connectivity index (χ3v) is 4.74. The maximum atomic E-state index is 8.66. The minimum absolute atomic E-state index is 0.0307. The minimum Gasteiger partial charge on any atom is -0.395 e. The standard InChI is InChI=1S/C4H7Br3O2/c5-3(1-8)4(6,7)2-9/h3,8-9H,1-2H2. The van der Waals surface area contributed by atoms with Crippen molar-refractivity contribution in [3.8, 4) is 0 Å². The molecule has 0 radical (unpaired) electrons. The number of hydrogen-bond acceptors (Lipinski definition) is 2. The van der Waals surface area contributed by atoms with Crippen LogP contribution in [0.1, 0.15) is 0 Å². The Balaban J connectivity index is 3.80. The van der Waals surface area contributed by atoms with Crippen molar-refractivity contribution in [3.63, 3.8) is 0 Å². The third kappa shape index (κ3) is 3.32. The molecule has 0 spiro atoms. The maximum absolute atomic E-state index is 8.66. The molecule has 0 rings (SSSR count). The average Bonchev–Trinajstić information content (AvgIpc) is 1.86. The second kappa shape index (κ2) is 4.28. The van der Waals surface area contributed by atoms with Crippen LogP contribution in [-0.4, -0.2) is 31.5 Å². The molecule has 2 nitrogen and oxygen atoms in total. The highest BCUT2D eigenvalue weighted by molar-refractivity contribution is 9.26. The molecule has 0 aromatic carbocycles. The van der Waals surface area contributed by atoms with Gasteiger partial charge >= 0.3 is 0 Å². The molecule has 0 aliphatic carbocycles. The van der Waals surface area contributed by atoms with Crippen molar-refractivity contribution in [1.29, 1.82) is 0 Å². The van der Waals surface area contributed by atoms with Gasteiger partial charge in [-0.25, -0.2) is 0 Å². The molecule has 0 aliphatic heterocycles. The Morgan fingerprint density at radius 2 is 1.78 bits per heavy atom. The predicted octanol–water partition coefficient (Wildman–Crippen LogP) is 1.22. The molecule has 0 aromatic rings. The van der Waals surface area contributed by atoms with Gasteiger partial charge in [-0.1, -0.05) is 47.8 Å². The Morgan fingerprint density at radius 1 is 1.33 bits per heavy atom. The number of hydrogen-bond donors (Lipinski definition) is 2. The number of alkyl halides is 3. The highest BCUT2D eigenvalue weighted by Gasteiger charge is 2.30. The molecule has 0 saturated heterocycles. The molecular weight excluding hydrogens is 320 g/mol. The van der Waals surface area contributed by atoms with E-state index in [0.717, 1.165) is 0 Å². The van der Waals surface area contributed by atoms with Crippen LogP contribution in [0.15, 0.2) is 0 Å². The van der Waals surface area contributed by atoms with E-state index in [-0.39, 0.29) is 18.0 Å². The molecule has 1 atom stereocenters. The van der Waals surface area contributed by atoms with E-state index in [1.165, 1.54) is 0 Å². The van der Waals surface area contributed by atoms with Crippen LogP contribution in [0.5, 0.6) is 0 Å². The van der Waals surface area contributed by atoms with E-state index in [4.69, 9.17) is 10.2 Å². The van der Waals surface area contributed by atoms with Crippen LogP contribution in [0.2, 0.25) is 0 Å². The monoisotopic (exact) mass is 324 g/mol. The lowest BCUT2D eigenvalue weighted by molar-refractivity contribution is 0.249. The molecule has 0 heterocycles. The van der Waals surface area contributed by atoms with Crippen molar-refractivity contribution in [2.24, 2.45) is 0 Å². The summed E-state index contributed by atoms with van der Waals surface area (Å²) in [4.78, 5) is -0.185. The lowest BCUT2D eigenvalue weighted by atomic mass is 10.3. The Morgan fingerprint density at radius 3 is 1.89 bits per heavy atom. The molecule has 0 fully saturated rings. The quantitative estimate of drug-likeness (QED) is 0.766. The molecule has 0 aliphatic rings. The van der Waals surface area contributed by atoms with Crippen molar-refractivity contribution in [2.75, 3.05) is 13.2 Å². The largest absolute Gasteiger partial charge is 0.395 e. The second-order valence-electron chi connectivity index (χ2n) is 1.57. The summed E-state index contributed by atoms with van der Waals surface area (Å²) < 4.78 is -0.602. The van der Waals surface area contributed by atoms with Crippen LogP contribution in [0.3, 0.4) is 0 Å².